The van der Waals surface area contributed by atoms with Crippen LogP contribution in [0.1, 0.15) is 22.8 Å². The predicted octanol–water partition coefficient (Wildman–Crippen LogP) is 3.06. The average Bonchev–Trinajstić information content (AvgIpc) is 3.14. The van der Waals surface area contributed by atoms with Crippen LogP contribution in [0.2, 0.25) is 0 Å². The molecule has 10 heteroatoms. The highest BCUT2D eigenvalue weighted by Gasteiger charge is 2.30. The molecule has 0 bridgehead atoms. The second kappa shape index (κ2) is 10.7. The van der Waals surface area contributed by atoms with Crippen LogP contribution in [0.25, 0.3) is 0 Å². The Bertz CT molecular complexity index is 932. The Labute approximate surface area is 190 Å². The van der Waals surface area contributed by atoms with Gasteiger partial charge in [0.05, 0.1) is 31.5 Å². The molecule has 1 aromatic carbocycles. The molecule has 0 aliphatic carbocycles. The molecule has 30 heavy (non-hydrogen) atoms. The van der Waals surface area contributed by atoms with Crippen molar-refractivity contribution in [2.75, 3.05) is 33.3 Å². The molecule has 0 amide bonds. The molecular weight excluding hydrogens is 510 g/mol. The highest BCUT2D eigenvalue weighted by molar-refractivity contribution is 14.0. The summed E-state index contributed by atoms with van der Waals surface area (Å²) in [6.45, 7) is 2.11. The lowest BCUT2D eigenvalue weighted by atomic mass is 10.1. The molecule has 0 spiro atoms. The van der Waals surface area contributed by atoms with E-state index in [0.717, 1.165) is 17.7 Å². The van der Waals surface area contributed by atoms with Gasteiger partial charge in [-0.15, -0.1) is 24.0 Å². The number of hydrogen-bond donors (Lipinski definition) is 1. The van der Waals surface area contributed by atoms with Gasteiger partial charge in [0.15, 0.2) is 5.96 Å². The molecule has 1 N–H and O–H groups in total. The fourth-order valence-corrected chi connectivity index (χ4v) is 3.02. The molecule has 1 saturated heterocycles. The summed E-state index contributed by atoms with van der Waals surface area (Å²) in [5.41, 5.74) is 0.611. The van der Waals surface area contributed by atoms with Crippen LogP contribution in [0, 0.1) is 11.8 Å². The van der Waals surface area contributed by atoms with Crippen LogP contribution in [0.3, 0.4) is 0 Å². The molecule has 1 aromatic heterocycles. The Balaban J connectivity index is 0.00000320. The lowest BCUT2D eigenvalue weighted by Gasteiger charge is -2.34. The highest BCUT2D eigenvalue weighted by atomic mass is 127. The molecule has 6 nitrogen and oxygen atoms in total. The quantitative estimate of drug-likeness (QED) is 0.279. The van der Waals surface area contributed by atoms with E-state index in [9.17, 15) is 13.2 Å². The molecule has 2 heterocycles. The Morgan fingerprint density at radius 2 is 2.20 bits per heavy atom. The van der Waals surface area contributed by atoms with Gasteiger partial charge in [-0.05, 0) is 18.2 Å². The third-order valence-electron chi connectivity index (χ3n) is 4.43. The summed E-state index contributed by atoms with van der Waals surface area (Å²) in [4.78, 5) is 6.34. The van der Waals surface area contributed by atoms with Crippen molar-refractivity contribution in [1.29, 1.82) is 0 Å². The van der Waals surface area contributed by atoms with Gasteiger partial charge in [-0.25, -0.2) is 0 Å². The standard InChI is InChI=1S/C20H22F3N5O.HI/c1-24-19(28-9-10-29-18(14-28)16-12-26-27(2)13-16)25-8-4-6-15-5-3-7-17(11-15)20(21,22)23;/h3,5,7,11-13,18H,8-10,14H2,1-2H3,(H,24,25);1H. The fourth-order valence-electron chi connectivity index (χ4n) is 3.02. The number of alkyl halides is 3. The number of rotatable bonds is 2. The molecule has 1 aliphatic rings. The molecule has 0 radical (unpaired) electrons. The van der Waals surface area contributed by atoms with Gasteiger partial charge in [0.25, 0.3) is 0 Å². The van der Waals surface area contributed by atoms with E-state index in [1.165, 1.54) is 6.07 Å². The minimum atomic E-state index is -4.38. The highest BCUT2D eigenvalue weighted by Crippen LogP contribution is 2.29. The maximum atomic E-state index is 12.8. The van der Waals surface area contributed by atoms with Crippen LogP contribution in [0.4, 0.5) is 13.2 Å². The van der Waals surface area contributed by atoms with E-state index in [1.54, 1.807) is 24.0 Å². The summed E-state index contributed by atoms with van der Waals surface area (Å²) in [5, 5.41) is 7.31. The summed E-state index contributed by atoms with van der Waals surface area (Å²) in [6, 6.07) is 4.98. The molecule has 3 rings (SSSR count). The zero-order valence-corrected chi connectivity index (χ0v) is 18.9. The number of guanidine groups is 1. The molecule has 1 fully saturated rings. The van der Waals surface area contributed by atoms with Crippen molar-refractivity contribution in [2.45, 2.75) is 12.3 Å². The molecule has 0 saturated carbocycles. The summed E-state index contributed by atoms with van der Waals surface area (Å²) in [7, 11) is 3.53. The summed E-state index contributed by atoms with van der Waals surface area (Å²) >= 11 is 0. The smallest absolute Gasteiger partial charge is 0.370 e. The summed E-state index contributed by atoms with van der Waals surface area (Å²) in [6.07, 6.45) is -0.776. The summed E-state index contributed by atoms with van der Waals surface area (Å²) in [5.74, 6) is 6.27. The number of aromatic nitrogens is 2. The first-order chi connectivity index (χ1) is 13.9. The molecule has 162 valence electrons. The van der Waals surface area contributed by atoms with Crippen LogP contribution in [-0.4, -0.2) is 53.9 Å². The van der Waals surface area contributed by atoms with Crippen molar-refractivity contribution in [3.63, 3.8) is 0 Å². The Morgan fingerprint density at radius 1 is 1.40 bits per heavy atom. The van der Waals surface area contributed by atoms with Crippen molar-refractivity contribution in [3.8, 4) is 11.8 Å². The number of aryl methyl sites for hydroxylation is 1. The zero-order chi connectivity index (χ0) is 20.9. The number of nitrogens with one attached hydrogen (secondary N) is 1. The molecule has 1 unspecified atom stereocenters. The normalized spacial score (nSPS) is 17.0. The largest absolute Gasteiger partial charge is 0.416 e. The van der Waals surface area contributed by atoms with E-state index >= 15 is 0 Å². The number of benzene rings is 1. The van der Waals surface area contributed by atoms with E-state index in [4.69, 9.17) is 4.74 Å². The van der Waals surface area contributed by atoms with Gasteiger partial charge in [-0.1, -0.05) is 17.9 Å². The number of hydrogen-bond acceptors (Lipinski definition) is 3. The van der Waals surface area contributed by atoms with Gasteiger partial charge >= 0.3 is 6.18 Å². The van der Waals surface area contributed by atoms with Crippen LogP contribution in [-0.2, 0) is 18.0 Å². The van der Waals surface area contributed by atoms with E-state index in [0.29, 0.717) is 31.2 Å². The first-order valence-electron chi connectivity index (χ1n) is 9.08. The number of ether oxygens (including phenoxy) is 1. The molecular formula is C20H23F3IN5O. The van der Waals surface area contributed by atoms with Crippen molar-refractivity contribution in [1.82, 2.24) is 20.0 Å². The average molecular weight is 533 g/mol. The lowest BCUT2D eigenvalue weighted by Crippen LogP contribution is -2.48. The second-order valence-electron chi connectivity index (χ2n) is 6.53. The van der Waals surface area contributed by atoms with E-state index in [1.807, 2.05) is 13.2 Å². The molecule has 2 aromatic rings. The zero-order valence-electron chi connectivity index (χ0n) is 16.6. The van der Waals surface area contributed by atoms with Crippen LogP contribution < -0.4 is 5.32 Å². The monoisotopic (exact) mass is 533 g/mol. The summed E-state index contributed by atoms with van der Waals surface area (Å²) < 4.78 is 45.9. The number of halogens is 4. The topological polar surface area (TPSA) is 54.7 Å². The number of aliphatic imine (C=N–C) groups is 1. The SMILES string of the molecule is CN=C(NCC#Cc1cccc(C(F)(F)F)c1)N1CCOC(c2cnn(C)c2)C1.I. The Hall–Kier alpha value is -2.26. The third kappa shape index (κ3) is 6.37. The van der Waals surface area contributed by atoms with Crippen molar-refractivity contribution < 1.29 is 17.9 Å². The van der Waals surface area contributed by atoms with Crippen molar-refractivity contribution in [2.24, 2.45) is 12.0 Å². The van der Waals surface area contributed by atoms with Crippen molar-refractivity contribution in [3.05, 3.63) is 53.3 Å². The molecule has 1 atom stereocenters. The number of nitrogens with zero attached hydrogens (tertiary/aromatic N) is 4. The number of morpholine rings is 1. The minimum Gasteiger partial charge on any atom is -0.370 e. The lowest BCUT2D eigenvalue weighted by molar-refractivity contribution is -0.137. The minimum absolute atomic E-state index is 0. The van der Waals surface area contributed by atoms with Gasteiger partial charge in [0.1, 0.15) is 6.10 Å². The third-order valence-corrected chi connectivity index (χ3v) is 4.43. The van der Waals surface area contributed by atoms with Gasteiger partial charge in [-0.2, -0.15) is 18.3 Å². The van der Waals surface area contributed by atoms with Crippen molar-refractivity contribution >= 4 is 29.9 Å². The van der Waals surface area contributed by atoms with E-state index in [2.05, 4.69) is 32.1 Å². The van der Waals surface area contributed by atoms with Gasteiger partial charge < -0.3 is 15.0 Å². The first-order valence-corrected chi connectivity index (χ1v) is 9.08. The second-order valence-corrected chi connectivity index (χ2v) is 6.53. The van der Waals surface area contributed by atoms with Crippen LogP contribution in [0.15, 0.2) is 41.7 Å². The van der Waals surface area contributed by atoms with Gasteiger partial charge in [0.2, 0.25) is 0 Å². The Morgan fingerprint density at radius 3 is 2.87 bits per heavy atom. The predicted molar refractivity (Wildman–Crippen MR) is 119 cm³/mol. The van der Waals surface area contributed by atoms with Gasteiger partial charge in [-0.3, -0.25) is 9.67 Å². The fraction of sp³-hybridized carbons (Fsp3) is 0.400. The maximum Gasteiger partial charge on any atom is 0.416 e. The van der Waals surface area contributed by atoms with E-state index in [-0.39, 0.29) is 36.6 Å². The van der Waals surface area contributed by atoms with E-state index < -0.39 is 11.7 Å². The first kappa shape index (κ1) is 24.0. The Kier molecular flexibility index (Phi) is 8.54. The van der Waals surface area contributed by atoms with Crippen LogP contribution >= 0.6 is 24.0 Å². The van der Waals surface area contributed by atoms with Gasteiger partial charge in [0, 0.05) is 38.0 Å². The maximum absolute atomic E-state index is 12.8. The molecule has 1 aliphatic heterocycles. The van der Waals surface area contributed by atoms with Crippen LogP contribution in [0.5, 0.6) is 0 Å².